The number of nitro benzene ring substituents is 1. The van der Waals surface area contributed by atoms with E-state index in [1.807, 2.05) is 30.3 Å². The van der Waals surface area contributed by atoms with Gasteiger partial charge in [-0.3, -0.25) is 19.9 Å². The molecule has 0 unspecified atom stereocenters. The largest absolute Gasteiger partial charge is 0.386 e. The molecule has 1 fully saturated rings. The number of aliphatic imine (C=N–C) groups is 1. The number of nitrogens with two attached hydrogens (primary N) is 1. The van der Waals surface area contributed by atoms with E-state index in [2.05, 4.69) is 4.99 Å². The van der Waals surface area contributed by atoms with Crippen LogP contribution in [0.4, 0.5) is 5.69 Å². The van der Waals surface area contributed by atoms with Gasteiger partial charge in [0.1, 0.15) is 5.84 Å². The third-order valence-electron chi connectivity index (χ3n) is 4.46. The van der Waals surface area contributed by atoms with Gasteiger partial charge in [-0.2, -0.15) is 0 Å². The van der Waals surface area contributed by atoms with Crippen LogP contribution in [0.2, 0.25) is 0 Å². The molecule has 1 heterocycles. The van der Waals surface area contributed by atoms with Gasteiger partial charge in [0, 0.05) is 25.1 Å². The van der Waals surface area contributed by atoms with Crippen LogP contribution in [0, 0.1) is 10.1 Å². The number of nitro groups is 1. The van der Waals surface area contributed by atoms with Gasteiger partial charge in [-0.05, 0) is 17.5 Å². The summed E-state index contributed by atoms with van der Waals surface area (Å²) >= 11 is 0. The molecular formula is C19H20N4O3. The Kier molecular flexibility index (Phi) is 5.26. The first kappa shape index (κ1) is 17.6. The molecule has 0 aliphatic carbocycles. The molecule has 3 rings (SSSR count). The van der Waals surface area contributed by atoms with E-state index < -0.39 is 4.92 Å². The van der Waals surface area contributed by atoms with Crippen molar-refractivity contribution in [3.8, 4) is 0 Å². The molecule has 0 aromatic heterocycles. The minimum absolute atomic E-state index is 0.0196. The molecule has 0 bridgehead atoms. The number of benzene rings is 2. The van der Waals surface area contributed by atoms with Gasteiger partial charge in [0.2, 0.25) is 5.91 Å². The smallest absolute Gasteiger partial charge is 0.269 e. The number of carbonyl (C=O) groups is 1. The molecule has 0 spiro atoms. The summed E-state index contributed by atoms with van der Waals surface area (Å²) in [4.78, 5) is 28.7. The van der Waals surface area contributed by atoms with E-state index in [1.54, 1.807) is 17.0 Å². The average Bonchev–Trinajstić information content (AvgIpc) is 3.01. The molecule has 26 heavy (non-hydrogen) atoms. The fraction of sp³-hybridized carbons (Fsp3) is 0.263. The van der Waals surface area contributed by atoms with Crippen molar-refractivity contribution >= 4 is 17.4 Å². The monoisotopic (exact) mass is 352 g/mol. The topological polar surface area (TPSA) is 102 Å². The molecule has 1 aliphatic heterocycles. The van der Waals surface area contributed by atoms with E-state index >= 15 is 0 Å². The number of amidine groups is 1. The van der Waals surface area contributed by atoms with Gasteiger partial charge in [0.15, 0.2) is 0 Å². The lowest BCUT2D eigenvalue weighted by molar-refractivity contribution is -0.384. The van der Waals surface area contributed by atoms with Gasteiger partial charge in [-0.15, -0.1) is 0 Å². The molecular weight excluding hydrogens is 332 g/mol. The first-order valence-corrected chi connectivity index (χ1v) is 8.41. The van der Waals surface area contributed by atoms with E-state index in [9.17, 15) is 14.9 Å². The Morgan fingerprint density at radius 2 is 1.85 bits per heavy atom. The van der Waals surface area contributed by atoms with Crippen molar-refractivity contribution in [3.05, 3.63) is 75.8 Å². The number of amides is 1. The highest BCUT2D eigenvalue weighted by molar-refractivity contribution is 5.93. The van der Waals surface area contributed by atoms with E-state index in [1.165, 1.54) is 12.1 Å². The quantitative estimate of drug-likeness (QED) is 0.374. The Bertz CT molecular complexity index is 818. The molecule has 2 N–H and O–H groups in total. The number of nitrogens with zero attached hydrogens (tertiary/aromatic N) is 3. The van der Waals surface area contributed by atoms with Crippen LogP contribution in [-0.4, -0.2) is 27.6 Å². The predicted molar refractivity (Wildman–Crippen MR) is 98.4 cm³/mol. The predicted octanol–water partition coefficient (Wildman–Crippen LogP) is 2.64. The van der Waals surface area contributed by atoms with Crippen molar-refractivity contribution in [1.29, 1.82) is 0 Å². The van der Waals surface area contributed by atoms with Gasteiger partial charge < -0.3 is 10.6 Å². The Morgan fingerprint density at radius 3 is 2.50 bits per heavy atom. The highest BCUT2D eigenvalue weighted by Crippen LogP contribution is 2.23. The highest BCUT2D eigenvalue weighted by atomic mass is 16.6. The van der Waals surface area contributed by atoms with Gasteiger partial charge >= 0.3 is 0 Å². The van der Waals surface area contributed by atoms with Gasteiger partial charge in [0.05, 0.1) is 17.5 Å². The minimum Gasteiger partial charge on any atom is -0.386 e. The van der Waals surface area contributed by atoms with Crippen LogP contribution in [0.25, 0.3) is 0 Å². The molecule has 7 nitrogen and oxygen atoms in total. The molecule has 1 amide bonds. The zero-order chi connectivity index (χ0) is 18.5. The third-order valence-corrected chi connectivity index (χ3v) is 4.46. The molecule has 1 saturated heterocycles. The summed E-state index contributed by atoms with van der Waals surface area (Å²) in [6.07, 6.45) is 1.06. The number of hydrogen-bond donors (Lipinski definition) is 1. The van der Waals surface area contributed by atoms with E-state index in [0.717, 1.165) is 11.1 Å². The fourth-order valence-electron chi connectivity index (χ4n) is 3.03. The zero-order valence-corrected chi connectivity index (χ0v) is 14.2. The third kappa shape index (κ3) is 4.05. The number of carbonyl (C=O) groups excluding carboxylic acids is 1. The summed E-state index contributed by atoms with van der Waals surface area (Å²) in [5.74, 6) is 0.466. The fourth-order valence-corrected chi connectivity index (χ4v) is 3.03. The maximum Gasteiger partial charge on any atom is 0.269 e. The van der Waals surface area contributed by atoms with Crippen LogP contribution in [-0.2, 0) is 17.9 Å². The molecule has 0 radical (unpaired) electrons. The van der Waals surface area contributed by atoms with Crippen LogP contribution in [0.15, 0.2) is 59.6 Å². The second-order valence-corrected chi connectivity index (χ2v) is 6.23. The molecule has 134 valence electrons. The summed E-state index contributed by atoms with van der Waals surface area (Å²) in [6.45, 7) is 0.839. The summed E-state index contributed by atoms with van der Waals surface area (Å²) in [6, 6.07) is 15.8. The number of rotatable bonds is 6. The Labute approximate surface area is 151 Å². The highest BCUT2D eigenvalue weighted by Gasteiger charge is 2.33. The van der Waals surface area contributed by atoms with E-state index in [4.69, 9.17) is 5.73 Å². The normalized spacial score (nSPS) is 17.5. The number of hydrogen-bond acceptors (Lipinski definition) is 4. The maximum absolute atomic E-state index is 12.3. The zero-order valence-electron chi connectivity index (χ0n) is 14.2. The second kappa shape index (κ2) is 7.77. The van der Waals surface area contributed by atoms with Gasteiger partial charge in [0.25, 0.3) is 5.69 Å². The lowest BCUT2D eigenvalue weighted by Gasteiger charge is -2.24. The minimum atomic E-state index is -0.443. The standard InChI is InChI=1S/C19H20N4O3/c20-19(21-12-14-4-2-1-3-5-14)17-10-11-18(24)22(17)13-15-6-8-16(9-7-15)23(25)26/h1-9,17H,10-13H2,(H2,20,21)/t17-/m0/s1. The van der Waals surface area contributed by atoms with Crippen molar-refractivity contribution in [1.82, 2.24) is 4.90 Å². The molecule has 1 aliphatic rings. The summed E-state index contributed by atoms with van der Waals surface area (Å²) in [7, 11) is 0. The molecule has 7 heteroatoms. The van der Waals surface area contributed by atoms with Gasteiger partial charge in [-0.1, -0.05) is 42.5 Å². The van der Waals surface area contributed by atoms with Crippen molar-refractivity contribution in [2.45, 2.75) is 32.0 Å². The second-order valence-electron chi connectivity index (χ2n) is 6.23. The Balaban J connectivity index is 1.70. The van der Waals surface area contributed by atoms with Gasteiger partial charge in [-0.25, -0.2) is 0 Å². The molecule has 0 saturated carbocycles. The van der Waals surface area contributed by atoms with E-state index in [0.29, 0.717) is 31.8 Å². The SMILES string of the molecule is NC(=NCc1ccccc1)[C@@H]1CCC(=O)N1Cc1ccc([N+](=O)[O-])cc1. The van der Waals surface area contributed by atoms with Crippen molar-refractivity contribution in [3.63, 3.8) is 0 Å². The lowest BCUT2D eigenvalue weighted by Crippen LogP contribution is -2.42. The molecule has 2 aromatic carbocycles. The lowest BCUT2D eigenvalue weighted by atomic mass is 10.1. The first-order chi connectivity index (χ1) is 12.5. The van der Waals surface area contributed by atoms with Crippen LogP contribution >= 0.6 is 0 Å². The number of likely N-dealkylation sites (tertiary alicyclic amines) is 1. The van der Waals surface area contributed by atoms with Crippen molar-refractivity contribution in [2.75, 3.05) is 0 Å². The Hall–Kier alpha value is -3.22. The van der Waals surface area contributed by atoms with Crippen LogP contribution in [0.1, 0.15) is 24.0 Å². The maximum atomic E-state index is 12.3. The first-order valence-electron chi connectivity index (χ1n) is 8.41. The molecule has 1 atom stereocenters. The summed E-state index contributed by atoms with van der Waals surface area (Å²) in [5, 5.41) is 10.7. The van der Waals surface area contributed by atoms with Crippen LogP contribution < -0.4 is 5.73 Å². The average molecular weight is 352 g/mol. The Morgan fingerprint density at radius 1 is 1.15 bits per heavy atom. The van der Waals surface area contributed by atoms with Crippen molar-refractivity contribution < 1.29 is 9.72 Å². The van der Waals surface area contributed by atoms with Crippen LogP contribution in [0.5, 0.6) is 0 Å². The summed E-state index contributed by atoms with van der Waals surface area (Å²) in [5.41, 5.74) is 8.08. The van der Waals surface area contributed by atoms with Crippen molar-refractivity contribution in [2.24, 2.45) is 10.7 Å². The summed E-state index contributed by atoms with van der Waals surface area (Å²) < 4.78 is 0. The van der Waals surface area contributed by atoms with E-state index in [-0.39, 0.29) is 17.6 Å². The van der Waals surface area contributed by atoms with Crippen LogP contribution in [0.3, 0.4) is 0 Å². The number of non-ortho nitro benzene ring substituents is 1. The molecule has 2 aromatic rings.